The van der Waals surface area contributed by atoms with Crippen LogP contribution in [0.25, 0.3) is 0 Å². The van der Waals surface area contributed by atoms with Crippen LogP contribution in [0.2, 0.25) is 5.02 Å². The van der Waals surface area contributed by atoms with Gasteiger partial charge in [-0.05, 0) is 29.7 Å². The molecule has 1 atom stereocenters. The van der Waals surface area contributed by atoms with E-state index in [0.29, 0.717) is 0 Å². The van der Waals surface area contributed by atoms with Crippen molar-refractivity contribution in [2.45, 2.75) is 12.3 Å². The summed E-state index contributed by atoms with van der Waals surface area (Å²) in [6.07, 6.45) is 0.933. The lowest BCUT2D eigenvalue weighted by Crippen LogP contribution is -2.11. The molecule has 1 saturated heterocycles. The van der Waals surface area contributed by atoms with Crippen LogP contribution in [-0.4, -0.2) is 13.1 Å². The fourth-order valence-electron chi connectivity index (χ4n) is 2.77. The van der Waals surface area contributed by atoms with E-state index in [2.05, 4.69) is 29.6 Å². The van der Waals surface area contributed by atoms with Crippen LogP contribution < -0.4 is 5.32 Å². The van der Waals surface area contributed by atoms with Crippen LogP contribution in [0.15, 0.2) is 48.5 Å². The van der Waals surface area contributed by atoms with Crippen molar-refractivity contribution >= 4 is 11.6 Å². The molecule has 1 aliphatic rings. The minimum absolute atomic E-state index is 0.185. The molecule has 1 fully saturated rings. The molecule has 1 nitrogen and oxygen atoms in total. The molecule has 0 unspecified atom stereocenters. The monoisotopic (exact) mass is 288 g/mol. The van der Waals surface area contributed by atoms with Gasteiger partial charge >= 0.3 is 0 Å². The molecule has 3 heteroatoms. The molecule has 0 amide bonds. The molecule has 103 valence electrons. The SMILES string of the molecule is Fc1cc([C@H]2CNC[C]2Cc2ccccc2)ccc1Cl. The Balaban J connectivity index is 1.80. The first-order chi connectivity index (χ1) is 9.74. The Morgan fingerprint density at radius 3 is 2.70 bits per heavy atom. The molecular weight excluding hydrogens is 273 g/mol. The highest BCUT2D eigenvalue weighted by molar-refractivity contribution is 6.30. The first kappa shape index (κ1) is 13.6. The Labute approximate surface area is 123 Å². The van der Waals surface area contributed by atoms with Crippen molar-refractivity contribution < 1.29 is 4.39 Å². The number of benzene rings is 2. The minimum atomic E-state index is -0.338. The number of hydrogen-bond donors (Lipinski definition) is 1. The van der Waals surface area contributed by atoms with Gasteiger partial charge in [0, 0.05) is 24.9 Å². The second kappa shape index (κ2) is 5.94. The van der Waals surface area contributed by atoms with E-state index < -0.39 is 0 Å². The van der Waals surface area contributed by atoms with Gasteiger partial charge in [-0.2, -0.15) is 0 Å². The number of hydrogen-bond acceptors (Lipinski definition) is 1. The number of halogens is 2. The van der Waals surface area contributed by atoms with Crippen LogP contribution in [0.5, 0.6) is 0 Å². The Bertz CT molecular complexity index is 585. The molecule has 0 aromatic heterocycles. The molecule has 1 heterocycles. The third-order valence-corrected chi connectivity index (χ3v) is 4.12. The van der Waals surface area contributed by atoms with Gasteiger partial charge in [-0.3, -0.25) is 0 Å². The van der Waals surface area contributed by atoms with E-state index in [9.17, 15) is 4.39 Å². The standard InChI is InChI=1S/C17H16ClFN/c18-16-7-6-13(9-17(16)19)15-11-20-10-14(15)8-12-4-2-1-3-5-12/h1-7,9,15,20H,8,10-11H2/t15-/m1/s1. The molecule has 0 spiro atoms. The van der Waals surface area contributed by atoms with Crippen LogP contribution in [0.3, 0.4) is 0 Å². The van der Waals surface area contributed by atoms with E-state index in [1.807, 2.05) is 12.1 Å². The summed E-state index contributed by atoms with van der Waals surface area (Å²) in [6.45, 7) is 1.76. The van der Waals surface area contributed by atoms with Crippen molar-refractivity contribution in [3.8, 4) is 0 Å². The zero-order valence-electron chi connectivity index (χ0n) is 11.1. The molecule has 2 aromatic rings. The maximum absolute atomic E-state index is 13.6. The van der Waals surface area contributed by atoms with E-state index >= 15 is 0 Å². The molecule has 0 bridgehead atoms. The zero-order chi connectivity index (χ0) is 13.9. The predicted octanol–water partition coefficient (Wildman–Crippen LogP) is 3.98. The second-order valence-electron chi connectivity index (χ2n) is 5.18. The maximum Gasteiger partial charge on any atom is 0.142 e. The van der Waals surface area contributed by atoms with E-state index in [1.54, 1.807) is 12.1 Å². The van der Waals surface area contributed by atoms with E-state index in [0.717, 1.165) is 25.1 Å². The Hall–Kier alpha value is -1.38. The Kier molecular flexibility index (Phi) is 4.04. The maximum atomic E-state index is 13.6. The van der Waals surface area contributed by atoms with Crippen LogP contribution in [0.4, 0.5) is 4.39 Å². The highest BCUT2D eigenvalue weighted by Crippen LogP contribution is 2.33. The number of nitrogens with one attached hydrogen (secondary N) is 1. The van der Waals surface area contributed by atoms with Crippen molar-refractivity contribution in [2.24, 2.45) is 0 Å². The van der Waals surface area contributed by atoms with Gasteiger partial charge in [0.1, 0.15) is 5.82 Å². The lowest BCUT2D eigenvalue weighted by molar-refractivity contribution is 0.622. The molecule has 2 aromatic carbocycles. The van der Waals surface area contributed by atoms with Gasteiger partial charge in [-0.15, -0.1) is 0 Å². The second-order valence-corrected chi connectivity index (χ2v) is 5.58. The lowest BCUT2D eigenvalue weighted by atomic mass is 9.85. The highest BCUT2D eigenvalue weighted by Gasteiger charge is 2.29. The van der Waals surface area contributed by atoms with Gasteiger partial charge in [-0.25, -0.2) is 4.39 Å². The fraction of sp³-hybridized carbons (Fsp3) is 0.235. The minimum Gasteiger partial charge on any atom is -0.315 e. The highest BCUT2D eigenvalue weighted by atomic mass is 35.5. The van der Waals surface area contributed by atoms with Crippen molar-refractivity contribution in [3.63, 3.8) is 0 Å². The van der Waals surface area contributed by atoms with Gasteiger partial charge in [-0.1, -0.05) is 48.0 Å². The van der Waals surface area contributed by atoms with E-state index in [4.69, 9.17) is 11.6 Å². The normalized spacial score (nSPS) is 19.4. The molecule has 0 saturated carbocycles. The third-order valence-electron chi connectivity index (χ3n) is 3.81. The molecule has 1 aliphatic heterocycles. The molecule has 1 N–H and O–H groups in total. The zero-order valence-corrected chi connectivity index (χ0v) is 11.8. The number of rotatable bonds is 3. The average molecular weight is 289 g/mol. The first-order valence-electron chi connectivity index (χ1n) is 6.78. The van der Waals surface area contributed by atoms with Gasteiger partial charge in [0.15, 0.2) is 0 Å². The van der Waals surface area contributed by atoms with Crippen LogP contribution in [0, 0.1) is 11.7 Å². The smallest absolute Gasteiger partial charge is 0.142 e. The summed E-state index contributed by atoms with van der Waals surface area (Å²) in [5.41, 5.74) is 2.30. The van der Waals surface area contributed by atoms with Crippen molar-refractivity contribution in [2.75, 3.05) is 13.1 Å². The van der Waals surface area contributed by atoms with Crippen molar-refractivity contribution in [1.82, 2.24) is 5.32 Å². The molecule has 3 rings (SSSR count). The Morgan fingerprint density at radius 1 is 1.15 bits per heavy atom. The third kappa shape index (κ3) is 2.87. The largest absolute Gasteiger partial charge is 0.315 e. The quantitative estimate of drug-likeness (QED) is 0.901. The van der Waals surface area contributed by atoms with Gasteiger partial charge in [0.05, 0.1) is 5.02 Å². The molecular formula is C17H16ClFN. The summed E-state index contributed by atoms with van der Waals surface area (Å²) in [7, 11) is 0. The van der Waals surface area contributed by atoms with Crippen LogP contribution in [-0.2, 0) is 6.42 Å². The van der Waals surface area contributed by atoms with E-state index in [1.165, 1.54) is 11.5 Å². The molecule has 20 heavy (non-hydrogen) atoms. The van der Waals surface area contributed by atoms with Gasteiger partial charge < -0.3 is 5.32 Å². The molecule has 0 aliphatic carbocycles. The average Bonchev–Trinajstić information content (AvgIpc) is 2.91. The fourth-order valence-corrected chi connectivity index (χ4v) is 2.89. The van der Waals surface area contributed by atoms with Crippen LogP contribution in [0.1, 0.15) is 17.0 Å². The first-order valence-corrected chi connectivity index (χ1v) is 7.16. The summed E-state index contributed by atoms with van der Waals surface area (Å²) in [5.74, 6) is 1.33. The summed E-state index contributed by atoms with van der Waals surface area (Å²) in [4.78, 5) is 0. The summed E-state index contributed by atoms with van der Waals surface area (Å²) < 4.78 is 13.6. The summed E-state index contributed by atoms with van der Waals surface area (Å²) in [5, 5.41) is 3.57. The van der Waals surface area contributed by atoms with Crippen molar-refractivity contribution in [1.29, 1.82) is 0 Å². The summed E-state index contributed by atoms with van der Waals surface area (Å²) in [6, 6.07) is 15.5. The van der Waals surface area contributed by atoms with Crippen molar-refractivity contribution in [3.05, 3.63) is 76.4 Å². The summed E-state index contributed by atoms with van der Waals surface area (Å²) >= 11 is 5.76. The van der Waals surface area contributed by atoms with Gasteiger partial charge in [0.2, 0.25) is 0 Å². The predicted molar refractivity (Wildman–Crippen MR) is 80.4 cm³/mol. The lowest BCUT2D eigenvalue weighted by Gasteiger charge is -2.18. The Morgan fingerprint density at radius 2 is 1.95 bits per heavy atom. The topological polar surface area (TPSA) is 12.0 Å². The van der Waals surface area contributed by atoms with Crippen LogP contribution >= 0.6 is 11.6 Å². The molecule has 1 radical (unpaired) electrons. The van der Waals surface area contributed by atoms with E-state index in [-0.39, 0.29) is 16.8 Å². The van der Waals surface area contributed by atoms with Gasteiger partial charge in [0.25, 0.3) is 0 Å².